The van der Waals surface area contributed by atoms with Crippen LogP contribution >= 0.6 is 15.9 Å². The Labute approximate surface area is 105 Å². The summed E-state index contributed by atoms with van der Waals surface area (Å²) in [5.41, 5.74) is 3.40. The maximum atomic E-state index is 13.2. The highest BCUT2D eigenvalue weighted by atomic mass is 79.9. The fourth-order valence-corrected chi connectivity index (χ4v) is 3.63. The molecule has 0 aliphatic heterocycles. The van der Waals surface area contributed by atoms with Gasteiger partial charge in [0.15, 0.2) is 0 Å². The molecule has 0 nitrogen and oxygen atoms in total. The molecular weight excluding hydrogens is 267 g/mol. The highest BCUT2D eigenvalue weighted by Crippen LogP contribution is 2.47. The van der Waals surface area contributed by atoms with Crippen molar-refractivity contribution in [3.63, 3.8) is 0 Å². The normalized spacial score (nSPS) is 19.6. The molecule has 0 aromatic heterocycles. The van der Waals surface area contributed by atoms with E-state index in [1.54, 1.807) is 12.1 Å². The van der Waals surface area contributed by atoms with E-state index in [4.69, 9.17) is 0 Å². The summed E-state index contributed by atoms with van der Waals surface area (Å²) >= 11 is 3.80. The van der Waals surface area contributed by atoms with Crippen molar-refractivity contribution >= 4 is 15.9 Å². The van der Waals surface area contributed by atoms with Crippen LogP contribution in [-0.2, 0) is 0 Å². The molecule has 1 saturated carbocycles. The first-order valence-electron chi connectivity index (χ1n) is 5.91. The van der Waals surface area contributed by atoms with Gasteiger partial charge in [-0.3, -0.25) is 0 Å². The molecular formula is C14H18BrF. The number of alkyl halides is 1. The third kappa shape index (κ3) is 2.32. The first-order valence-corrected chi connectivity index (χ1v) is 6.83. The fraction of sp³-hybridized carbons (Fsp3) is 0.571. The van der Waals surface area contributed by atoms with Crippen LogP contribution in [0.15, 0.2) is 12.1 Å². The van der Waals surface area contributed by atoms with Gasteiger partial charge in [0, 0.05) is 4.83 Å². The summed E-state index contributed by atoms with van der Waals surface area (Å²) in [5.74, 6) is 1.37. The van der Waals surface area contributed by atoms with E-state index >= 15 is 0 Å². The molecule has 0 N–H and O–H groups in total. The van der Waals surface area contributed by atoms with E-state index in [1.807, 2.05) is 13.8 Å². The van der Waals surface area contributed by atoms with E-state index in [9.17, 15) is 4.39 Å². The average Bonchev–Trinajstić information content (AvgIpc) is 2.97. The molecule has 2 unspecified atom stereocenters. The van der Waals surface area contributed by atoms with Gasteiger partial charge in [0.05, 0.1) is 0 Å². The monoisotopic (exact) mass is 284 g/mol. The SMILES string of the molecule is Cc1cc(F)cc(C)c1C(Br)C(C)C1CC1. The number of hydrogen-bond acceptors (Lipinski definition) is 0. The van der Waals surface area contributed by atoms with Crippen LogP contribution in [0.5, 0.6) is 0 Å². The summed E-state index contributed by atoms with van der Waals surface area (Å²) < 4.78 is 13.2. The topological polar surface area (TPSA) is 0 Å². The molecule has 0 heterocycles. The van der Waals surface area contributed by atoms with Gasteiger partial charge in [0.25, 0.3) is 0 Å². The van der Waals surface area contributed by atoms with Crippen LogP contribution in [0.4, 0.5) is 4.39 Å². The zero-order valence-corrected chi connectivity index (χ0v) is 11.6. The Kier molecular flexibility index (Phi) is 3.39. The number of hydrogen-bond donors (Lipinski definition) is 0. The molecule has 1 aromatic carbocycles. The molecule has 1 aliphatic rings. The van der Waals surface area contributed by atoms with E-state index in [0.29, 0.717) is 10.7 Å². The van der Waals surface area contributed by atoms with Crippen LogP contribution in [0.1, 0.15) is 41.3 Å². The standard InChI is InChI=1S/C14H18BrF/c1-8-6-12(16)7-9(2)13(8)14(15)10(3)11-4-5-11/h6-7,10-11,14H,4-5H2,1-3H3. The Morgan fingerprint density at radius 3 is 2.19 bits per heavy atom. The summed E-state index contributed by atoms with van der Waals surface area (Å²) in [6.45, 7) is 6.29. The summed E-state index contributed by atoms with van der Waals surface area (Å²) in [7, 11) is 0. The van der Waals surface area contributed by atoms with Gasteiger partial charge in [0.2, 0.25) is 0 Å². The van der Waals surface area contributed by atoms with Gasteiger partial charge in [-0.15, -0.1) is 0 Å². The molecule has 0 bridgehead atoms. The first kappa shape index (κ1) is 12.1. The second-order valence-corrected chi connectivity index (χ2v) is 6.04. The quantitative estimate of drug-likeness (QED) is 0.691. The zero-order chi connectivity index (χ0) is 11.9. The maximum Gasteiger partial charge on any atom is 0.123 e. The summed E-state index contributed by atoms with van der Waals surface area (Å²) in [6, 6.07) is 3.27. The Morgan fingerprint density at radius 2 is 1.75 bits per heavy atom. The molecule has 2 atom stereocenters. The van der Waals surface area contributed by atoms with Crippen LogP contribution in [0.3, 0.4) is 0 Å². The maximum absolute atomic E-state index is 13.2. The molecule has 2 heteroatoms. The Morgan fingerprint density at radius 1 is 1.25 bits per heavy atom. The molecule has 0 saturated heterocycles. The van der Waals surface area contributed by atoms with Crippen LogP contribution in [-0.4, -0.2) is 0 Å². The second-order valence-electron chi connectivity index (χ2n) is 5.05. The minimum atomic E-state index is -0.127. The van der Waals surface area contributed by atoms with E-state index in [0.717, 1.165) is 17.0 Å². The largest absolute Gasteiger partial charge is 0.207 e. The Balaban J connectivity index is 2.31. The lowest BCUT2D eigenvalue weighted by Gasteiger charge is -2.22. The van der Waals surface area contributed by atoms with Crippen molar-refractivity contribution in [1.82, 2.24) is 0 Å². The van der Waals surface area contributed by atoms with Crippen molar-refractivity contribution in [3.8, 4) is 0 Å². The van der Waals surface area contributed by atoms with E-state index in [2.05, 4.69) is 22.9 Å². The Hall–Kier alpha value is -0.370. The molecule has 1 aromatic rings. The minimum Gasteiger partial charge on any atom is -0.207 e. The van der Waals surface area contributed by atoms with E-state index in [1.165, 1.54) is 18.4 Å². The van der Waals surface area contributed by atoms with Gasteiger partial charge in [-0.1, -0.05) is 22.9 Å². The van der Waals surface area contributed by atoms with Crippen molar-refractivity contribution in [3.05, 3.63) is 34.6 Å². The van der Waals surface area contributed by atoms with Gasteiger partial charge < -0.3 is 0 Å². The summed E-state index contributed by atoms with van der Waals surface area (Å²) in [6.07, 6.45) is 2.70. The van der Waals surface area contributed by atoms with Gasteiger partial charge in [-0.05, 0) is 67.3 Å². The number of halogens is 2. The molecule has 0 amide bonds. The lowest BCUT2D eigenvalue weighted by atomic mass is 9.91. The van der Waals surface area contributed by atoms with Gasteiger partial charge in [0.1, 0.15) is 5.82 Å². The van der Waals surface area contributed by atoms with Crippen molar-refractivity contribution in [2.24, 2.45) is 11.8 Å². The summed E-state index contributed by atoms with van der Waals surface area (Å²) in [4.78, 5) is 0.362. The highest BCUT2D eigenvalue weighted by molar-refractivity contribution is 9.09. The zero-order valence-electron chi connectivity index (χ0n) is 10.1. The molecule has 0 spiro atoms. The van der Waals surface area contributed by atoms with Crippen molar-refractivity contribution in [1.29, 1.82) is 0 Å². The van der Waals surface area contributed by atoms with E-state index in [-0.39, 0.29) is 5.82 Å². The van der Waals surface area contributed by atoms with Crippen LogP contribution in [0.2, 0.25) is 0 Å². The van der Waals surface area contributed by atoms with Crippen molar-refractivity contribution < 1.29 is 4.39 Å². The predicted octanol–water partition coefficient (Wildman–Crippen LogP) is 4.92. The second kappa shape index (κ2) is 4.48. The fourth-order valence-electron chi connectivity index (χ4n) is 2.48. The van der Waals surface area contributed by atoms with Crippen LogP contribution in [0.25, 0.3) is 0 Å². The molecule has 1 fully saturated rings. The van der Waals surface area contributed by atoms with Crippen LogP contribution < -0.4 is 0 Å². The minimum absolute atomic E-state index is 0.127. The van der Waals surface area contributed by atoms with Gasteiger partial charge >= 0.3 is 0 Å². The smallest absolute Gasteiger partial charge is 0.123 e. The van der Waals surface area contributed by atoms with E-state index < -0.39 is 0 Å². The number of rotatable bonds is 3. The highest BCUT2D eigenvalue weighted by Gasteiger charge is 2.33. The van der Waals surface area contributed by atoms with Crippen LogP contribution in [0, 0.1) is 31.5 Å². The molecule has 16 heavy (non-hydrogen) atoms. The third-order valence-electron chi connectivity index (χ3n) is 3.66. The lowest BCUT2D eigenvalue weighted by molar-refractivity contribution is 0.499. The first-order chi connectivity index (χ1) is 7.50. The molecule has 88 valence electrons. The third-order valence-corrected chi connectivity index (χ3v) is 4.95. The average molecular weight is 285 g/mol. The Bertz CT molecular complexity index is 373. The molecule has 1 aliphatic carbocycles. The van der Waals surface area contributed by atoms with Gasteiger partial charge in [-0.2, -0.15) is 0 Å². The summed E-state index contributed by atoms with van der Waals surface area (Å²) in [5, 5.41) is 0. The predicted molar refractivity (Wildman–Crippen MR) is 69.4 cm³/mol. The molecule has 0 radical (unpaired) electrons. The van der Waals surface area contributed by atoms with Crippen molar-refractivity contribution in [2.45, 2.75) is 38.4 Å². The van der Waals surface area contributed by atoms with Gasteiger partial charge in [-0.25, -0.2) is 4.39 Å². The number of benzene rings is 1. The lowest BCUT2D eigenvalue weighted by Crippen LogP contribution is -2.09. The van der Waals surface area contributed by atoms with Crippen molar-refractivity contribution in [2.75, 3.05) is 0 Å². The number of aryl methyl sites for hydroxylation is 2. The molecule has 2 rings (SSSR count).